The molecule has 0 spiro atoms. The highest BCUT2D eigenvalue weighted by Crippen LogP contribution is 2.18. The second-order valence-electron chi connectivity index (χ2n) is 6.63. The quantitative estimate of drug-likeness (QED) is 0.727. The average molecular weight is 349 g/mol. The number of hydrogen-bond acceptors (Lipinski definition) is 7. The first-order valence-corrected chi connectivity index (χ1v) is 8.12. The number of carbonyl (C=O) groups excluding carboxylic acids is 2. The van der Waals surface area contributed by atoms with Crippen LogP contribution in [0, 0.1) is 0 Å². The third kappa shape index (κ3) is 6.40. The molecule has 0 saturated carbocycles. The molecule has 2 aromatic heterocycles. The van der Waals surface area contributed by atoms with Crippen molar-refractivity contribution in [3.05, 3.63) is 35.9 Å². The Morgan fingerprint density at radius 2 is 2.12 bits per heavy atom. The maximum Gasteiger partial charge on any atom is 0.306 e. The number of aryl methyl sites for hydroxylation is 1. The highest BCUT2D eigenvalue weighted by molar-refractivity contribution is 5.80. The van der Waals surface area contributed by atoms with E-state index in [1.165, 1.54) is 6.26 Å². The Morgan fingerprint density at radius 1 is 1.32 bits per heavy atom. The van der Waals surface area contributed by atoms with E-state index in [0.29, 0.717) is 30.3 Å². The van der Waals surface area contributed by atoms with Crippen molar-refractivity contribution >= 4 is 11.9 Å². The van der Waals surface area contributed by atoms with Gasteiger partial charge in [0.25, 0.3) is 5.91 Å². The first kappa shape index (κ1) is 18.7. The summed E-state index contributed by atoms with van der Waals surface area (Å²) in [5.41, 5.74) is -0.177. The standard InChI is InChI=1S/C17H23N3O5/c1-17(2,3)16-19-14(25-20-16)7-4-8-15(22)24-11-13(21)18-10-12-6-5-9-23-12/h5-6,9H,4,7-8,10-11H2,1-3H3,(H,18,21). The van der Waals surface area contributed by atoms with Crippen LogP contribution in [0.1, 0.15) is 51.1 Å². The van der Waals surface area contributed by atoms with Gasteiger partial charge in [-0.25, -0.2) is 0 Å². The molecular formula is C17H23N3O5. The monoisotopic (exact) mass is 349 g/mol. The van der Waals surface area contributed by atoms with Crippen molar-refractivity contribution in [3.63, 3.8) is 0 Å². The van der Waals surface area contributed by atoms with Crippen molar-refractivity contribution in [3.8, 4) is 0 Å². The third-order valence-electron chi connectivity index (χ3n) is 3.31. The van der Waals surface area contributed by atoms with Crippen LogP contribution >= 0.6 is 0 Å². The predicted octanol–water partition coefficient (Wildman–Crippen LogP) is 2.14. The summed E-state index contributed by atoms with van der Waals surface area (Å²) in [6.45, 7) is 5.94. The molecule has 0 aromatic carbocycles. The van der Waals surface area contributed by atoms with Gasteiger partial charge in [0, 0.05) is 18.3 Å². The van der Waals surface area contributed by atoms with Crippen LogP contribution < -0.4 is 5.32 Å². The molecule has 0 aliphatic heterocycles. The molecule has 0 radical (unpaired) electrons. The normalized spacial score (nSPS) is 11.3. The van der Waals surface area contributed by atoms with Gasteiger partial charge in [0.05, 0.1) is 12.8 Å². The van der Waals surface area contributed by atoms with E-state index < -0.39 is 5.97 Å². The van der Waals surface area contributed by atoms with Crippen molar-refractivity contribution < 1.29 is 23.3 Å². The third-order valence-corrected chi connectivity index (χ3v) is 3.31. The molecule has 1 amide bonds. The molecule has 1 N–H and O–H groups in total. The Bertz CT molecular complexity index is 685. The molecule has 0 aliphatic rings. The van der Waals surface area contributed by atoms with Crippen LogP contribution in [-0.4, -0.2) is 28.6 Å². The highest BCUT2D eigenvalue weighted by Gasteiger charge is 2.20. The molecule has 136 valence electrons. The van der Waals surface area contributed by atoms with E-state index in [-0.39, 0.29) is 30.9 Å². The van der Waals surface area contributed by atoms with Crippen molar-refractivity contribution in [2.75, 3.05) is 6.61 Å². The van der Waals surface area contributed by atoms with Gasteiger partial charge in [-0.3, -0.25) is 9.59 Å². The summed E-state index contributed by atoms with van der Waals surface area (Å²) < 4.78 is 15.2. The number of rotatable bonds is 8. The first-order chi connectivity index (χ1) is 11.8. The molecule has 8 nitrogen and oxygen atoms in total. The lowest BCUT2D eigenvalue weighted by Gasteiger charge is -2.10. The van der Waals surface area contributed by atoms with Crippen LogP contribution in [0.3, 0.4) is 0 Å². The molecule has 0 fully saturated rings. The Kier molecular flexibility index (Phi) is 6.32. The van der Waals surface area contributed by atoms with Crippen molar-refractivity contribution in [2.45, 2.75) is 52.0 Å². The van der Waals surface area contributed by atoms with E-state index in [1.807, 2.05) is 20.8 Å². The number of esters is 1. The summed E-state index contributed by atoms with van der Waals surface area (Å²) in [5, 5.41) is 6.52. The minimum Gasteiger partial charge on any atom is -0.467 e. The number of ether oxygens (including phenoxy) is 1. The Balaban J connectivity index is 1.60. The summed E-state index contributed by atoms with van der Waals surface area (Å²) >= 11 is 0. The highest BCUT2D eigenvalue weighted by atomic mass is 16.5. The number of amides is 1. The SMILES string of the molecule is CC(C)(C)c1noc(CCCC(=O)OCC(=O)NCc2ccco2)n1. The van der Waals surface area contributed by atoms with Crippen molar-refractivity contribution in [2.24, 2.45) is 0 Å². The zero-order valence-electron chi connectivity index (χ0n) is 14.7. The van der Waals surface area contributed by atoms with Gasteiger partial charge in [0.2, 0.25) is 5.89 Å². The minimum atomic E-state index is -0.441. The number of aromatic nitrogens is 2. The fourth-order valence-corrected chi connectivity index (χ4v) is 1.91. The summed E-state index contributed by atoms with van der Waals surface area (Å²) in [5.74, 6) is 0.946. The minimum absolute atomic E-state index is 0.177. The number of carbonyl (C=O) groups is 2. The number of nitrogens with zero attached hydrogens (tertiary/aromatic N) is 2. The van der Waals surface area contributed by atoms with Crippen LogP contribution in [0.4, 0.5) is 0 Å². The lowest BCUT2D eigenvalue weighted by molar-refractivity contribution is -0.148. The van der Waals surface area contributed by atoms with Gasteiger partial charge in [0.1, 0.15) is 5.76 Å². The Morgan fingerprint density at radius 3 is 2.76 bits per heavy atom. The fourth-order valence-electron chi connectivity index (χ4n) is 1.91. The summed E-state index contributed by atoms with van der Waals surface area (Å²) in [6, 6.07) is 3.48. The molecule has 0 saturated heterocycles. The van der Waals surface area contributed by atoms with Crippen LogP contribution in [0.2, 0.25) is 0 Å². The maximum absolute atomic E-state index is 11.6. The maximum atomic E-state index is 11.6. The zero-order chi connectivity index (χ0) is 18.3. The van der Waals surface area contributed by atoms with E-state index in [2.05, 4.69) is 15.5 Å². The van der Waals surface area contributed by atoms with Crippen LogP contribution in [0.5, 0.6) is 0 Å². The number of nitrogens with one attached hydrogen (secondary N) is 1. The molecule has 2 heterocycles. The summed E-state index contributed by atoms with van der Waals surface area (Å²) in [7, 11) is 0. The fraction of sp³-hybridized carbons (Fsp3) is 0.529. The smallest absolute Gasteiger partial charge is 0.306 e. The van der Waals surface area contributed by atoms with Gasteiger partial charge in [-0.1, -0.05) is 25.9 Å². The van der Waals surface area contributed by atoms with Crippen LogP contribution in [0.15, 0.2) is 27.3 Å². The summed E-state index contributed by atoms with van der Waals surface area (Å²) in [4.78, 5) is 27.5. The van der Waals surface area contributed by atoms with Crippen LogP contribution in [-0.2, 0) is 32.7 Å². The Hall–Kier alpha value is -2.64. The molecule has 0 unspecified atom stereocenters. The molecule has 2 rings (SSSR count). The predicted molar refractivity (Wildman–Crippen MR) is 87.4 cm³/mol. The largest absolute Gasteiger partial charge is 0.467 e. The second-order valence-corrected chi connectivity index (χ2v) is 6.63. The van der Waals surface area contributed by atoms with E-state index in [4.69, 9.17) is 13.7 Å². The average Bonchev–Trinajstić information content (AvgIpc) is 3.22. The van der Waals surface area contributed by atoms with Crippen molar-refractivity contribution in [1.82, 2.24) is 15.5 Å². The van der Waals surface area contributed by atoms with E-state index in [9.17, 15) is 9.59 Å². The summed E-state index contributed by atoms with van der Waals surface area (Å²) in [6.07, 6.45) is 2.70. The lowest BCUT2D eigenvalue weighted by atomic mass is 9.96. The first-order valence-electron chi connectivity index (χ1n) is 8.12. The van der Waals surface area contributed by atoms with Crippen molar-refractivity contribution in [1.29, 1.82) is 0 Å². The van der Waals surface area contributed by atoms with Crippen LogP contribution in [0.25, 0.3) is 0 Å². The molecule has 8 heteroatoms. The van der Waals surface area contributed by atoms with Gasteiger partial charge in [-0.15, -0.1) is 0 Å². The topological polar surface area (TPSA) is 107 Å². The number of furan rings is 1. The molecule has 25 heavy (non-hydrogen) atoms. The number of hydrogen-bond donors (Lipinski definition) is 1. The van der Waals surface area contributed by atoms with E-state index in [1.54, 1.807) is 12.1 Å². The molecule has 2 aromatic rings. The molecule has 0 aliphatic carbocycles. The van der Waals surface area contributed by atoms with Gasteiger partial charge in [0.15, 0.2) is 12.4 Å². The Labute approximate surface area is 145 Å². The van der Waals surface area contributed by atoms with Gasteiger partial charge >= 0.3 is 5.97 Å². The van der Waals surface area contributed by atoms with E-state index >= 15 is 0 Å². The van der Waals surface area contributed by atoms with Gasteiger partial charge in [-0.2, -0.15) is 4.98 Å². The zero-order valence-corrected chi connectivity index (χ0v) is 14.7. The van der Waals surface area contributed by atoms with Gasteiger partial charge < -0.3 is 19.0 Å². The molecule has 0 atom stereocenters. The second kappa shape index (κ2) is 8.46. The lowest BCUT2D eigenvalue weighted by Crippen LogP contribution is -2.28. The molecular weight excluding hydrogens is 326 g/mol. The van der Waals surface area contributed by atoms with Gasteiger partial charge in [-0.05, 0) is 18.6 Å². The molecule has 0 bridgehead atoms. The van der Waals surface area contributed by atoms with E-state index in [0.717, 1.165) is 0 Å².